The molecule has 0 saturated carbocycles. The van der Waals surface area contributed by atoms with Gasteiger partial charge >= 0.3 is 0 Å². The number of aryl methyl sites for hydroxylation is 3. The van der Waals surface area contributed by atoms with Crippen molar-refractivity contribution >= 4 is 39.2 Å². The number of hydrogen-bond donors (Lipinski definition) is 0. The molecule has 7 heteroatoms. The van der Waals surface area contributed by atoms with Crippen molar-refractivity contribution in [2.75, 3.05) is 18.8 Å². The number of hydrogen-bond acceptors (Lipinski definition) is 5. The first kappa shape index (κ1) is 20.2. The smallest absolute Gasteiger partial charge is 0.267 e. The number of piperidine rings is 1. The summed E-state index contributed by atoms with van der Waals surface area (Å²) in [4.78, 5) is 34.7. The Balaban J connectivity index is 1.75. The number of likely N-dealkylation sites (tertiary alicyclic amines) is 1. The van der Waals surface area contributed by atoms with Gasteiger partial charge in [-0.1, -0.05) is 29.5 Å². The fraction of sp³-hybridized carbons (Fsp3) is 0.409. The van der Waals surface area contributed by atoms with E-state index in [2.05, 4.69) is 0 Å². The molecule has 3 heterocycles. The number of nitrogens with zero attached hydrogens (tertiary/aromatic N) is 3. The van der Waals surface area contributed by atoms with E-state index in [0.29, 0.717) is 16.3 Å². The van der Waals surface area contributed by atoms with E-state index >= 15 is 0 Å². The van der Waals surface area contributed by atoms with Crippen LogP contribution in [-0.2, 0) is 4.79 Å². The number of carbonyl (C=O) groups is 1. The highest BCUT2D eigenvalue weighted by atomic mass is 32.2. The van der Waals surface area contributed by atoms with Crippen molar-refractivity contribution in [3.63, 3.8) is 0 Å². The monoisotopic (exact) mass is 427 g/mol. The van der Waals surface area contributed by atoms with Crippen LogP contribution in [0.15, 0.2) is 34.2 Å². The average molecular weight is 428 g/mol. The topological polar surface area (TPSA) is 55.2 Å². The van der Waals surface area contributed by atoms with Crippen LogP contribution in [0.4, 0.5) is 0 Å². The number of amides is 1. The van der Waals surface area contributed by atoms with Gasteiger partial charge in [-0.25, -0.2) is 4.98 Å². The Labute approximate surface area is 178 Å². The molecular formula is C22H25N3O2S2. The molecule has 0 aliphatic carbocycles. The van der Waals surface area contributed by atoms with Crippen molar-refractivity contribution in [1.82, 2.24) is 14.5 Å². The average Bonchev–Trinajstić information content (AvgIpc) is 3.01. The lowest BCUT2D eigenvalue weighted by Crippen LogP contribution is -2.36. The summed E-state index contributed by atoms with van der Waals surface area (Å²) in [6, 6.07) is 7.86. The summed E-state index contributed by atoms with van der Waals surface area (Å²) >= 11 is 2.90. The van der Waals surface area contributed by atoms with Crippen molar-refractivity contribution < 1.29 is 4.79 Å². The van der Waals surface area contributed by atoms with Crippen molar-refractivity contribution in [1.29, 1.82) is 0 Å². The first-order chi connectivity index (χ1) is 14.0. The van der Waals surface area contributed by atoms with Crippen LogP contribution in [0.3, 0.4) is 0 Å². The van der Waals surface area contributed by atoms with E-state index in [0.717, 1.165) is 52.5 Å². The molecule has 0 unspecified atom stereocenters. The standard InChI is InChI=1S/C22H25N3O2S2/c1-14-7-9-17(10-8-14)25-21(27)19-15(2)16(3)29-20(19)23-22(25)28-13-18(26)24-11-5-4-6-12-24/h7-10H,4-6,11-13H2,1-3H3. The normalized spacial score (nSPS) is 14.5. The van der Waals surface area contributed by atoms with Crippen LogP contribution in [0.2, 0.25) is 0 Å². The summed E-state index contributed by atoms with van der Waals surface area (Å²) in [5.41, 5.74) is 2.84. The number of benzene rings is 1. The van der Waals surface area contributed by atoms with E-state index in [9.17, 15) is 9.59 Å². The lowest BCUT2D eigenvalue weighted by molar-refractivity contribution is -0.129. The Morgan fingerprint density at radius 3 is 2.48 bits per heavy atom. The summed E-state index contributed by atoms with van der Waals surface area (Å²) in [6.07, 6.45) is 3.34. The number of thiophene rings is 1. The molecule has 1 saturated heterocycles. The number of aromatic nitrogens is 2. The van der Waals surface area contributed by atoms with Gasteiger partial charge in [0.2, 0.25) is 5.91 Å². The molecule has 3 aromatic rings. The Morgan fingerprint density at radius 1 is 1.10 bits per heavy atom. The molecule has 0 spiro atoms. The van der Waals surface area contributed by atoms with Crippen LogP contribution < -0.4 is 5.56 Å². The first-order valence-electron chi connectivity index (χ1n) is 9.96. The summed E-state index contributed by atoms with van der Waals surface area (Å²) in [7, 11) is 0. The van der Waals surface area contributed by atoms with E-state index in [1.807, 2.05) is 49.9 Å². The van der Waals surface area contributed by atoms with Gasteiger partial charge in [0.15, 0.2) is 5.16 Å². The van der Waals surface area contributed by atoms with Crippen LogP contribution in [0, 0.1) is 20.8 Å². The maximum Gasteiger partial charge on any atom is 0.267 e. The molecule has 0 atom stereocenters. The third kappa shape index (κ3) is 3.98. The van der Waals surface area contributed by atoms with Crippen molar-refractivity contribution in [2.45, 2.75) is 45.2 Å². The van der Waals surface area contributed by atoms with Gasteiger partial charge in [0.1, 0.15) is 4.83 Å². The number of fused-ring (bicyclic) bond motifs is 1. The molecule has 0 N–H and O–H groups in total. The zero-order valence-corrected chi connectivity index (χ0v) is 18.7. The molecule has 29 heavy (non-hydrogen) atoms. The molecule has 1 aliphatic rings. The largest absolute Gasteiger partial charge is 0.342 e. The maximum atomic E-state index is 13.4. The molecule has 152 valence electrons. The van der Waals surface area contributed by atoms with Crippen molar-refractivity contribution in [3.05, 3.63) is 50.6 Å². The Hall–Kier alpha value is -2.12. The molecular weight excluding hydrogens is 402 g/mol. The molecule has 0 bridgehead atoms. The predicted octanol–water partition coefficient (Wildman–Crippen LogP) is 4.48. The summed E-state index contributed by atoms with van der Waals surface area (Å²) in [5.74, 6) is 0.422. The first-order valence-corrected chi connectivity index (χ1v) is 11.8. The zero-order valence-electron chi connectivity index (χ0n) is 17.0. The third-order valence-corrected chi connectivity index (χ3v) is 7.52. The van der Waals surface area contributed by atoms with E-state index in [1.165, 1.54) is 18.2 Å². The summed E-state index contributed by atoms with van der Waals surface area (Å²) in [5, 5.41) is 1.26. The number of thioether (sulfide) groups is 1. The minimum absolute atomic E-state index is 0.0615. The summed E-state index contributed by atoms with van der Waals surface area (Å²) in [6.45, 7) is 7.68. The second-order valence-electron chi connectivity index (χ2n) is 7.56. The van der Waals surface area contributed by atoms with Crippen LogP contribution in [0.25, 0.3) is 15.9 Å². The minimum Gasteiger partial charge on any atom is -0.342 e. The van der Waals surface area contributed by atoms with Gasteiger partial charge in [0.05, 0.1) is 16.8 Å². The quantitative estimate of drug-likeness (QED) is 0.455. The Kier molecular flexibility index (Phi) is 5.79. The third-order valence-electron chi connectivity index (χ3n) is 5.50. The molecule has 1 aliphatic heterocycles. The second kappa shape index (κ2) is 8.32. The van der Waals surface area contributed by atoms with Crippen molar-refractivity contribution in [2.24, 2.45) is 0 Å². The fourth-order valence-corrected chi connectivity index (χ4v) is 5.64. The molecule has 1 fully saturated rings. The van der Waals surface area contributed by atoms with Crippen LogP contribution >= 0.6 is 23.1 Å². The number of rotatable bonds is 4. The van der Waals surface area contributed by atoms with Crippen LogP contribution in [0.1, 0.15) is 35.3 Å². The van der Waals surface area contributed by atoms with Crippen LogP contribution in [0.5, 0.6) is 0 Å². The highest BCUT2D eigenvalue weighted by Crippen LogP contribution is 2.29. The highest BCUT2D eigenvalue weighted by molar-refractivity contribution is 7.99. The van der Waals surface area contributed by atoms with Gasteiger partial charge in [-0.2, -0.15) is 0 Å². The molecule has 5 nitrogen and oxygen atoms in total. The molecule has 2 aromatic heterocycles. The van der Waals surface area contributed by atoms with Gasteiger partial charge in [0, 0.05) is 18.0 Å². The van der Waals surface area contributed by atoms with E-state index < -0.39 is 0 Å². The van der Waals surface area contributed by atoms with Gasteiger partial charge < -0.3 is 4.90 Å². The lowest BCUT2D eigenvalue weighted by Gasteiger charge is -2.26. The van der Waals surface area contributed by atoms with Gasteiger partial charge in [0.25, 0.3) is 5.56 Å². The lowest BCUT2D eigenvalue weighted by atomic mass is 10.1. The number of carbonyl (C=O) groups excluding carboxylic acids is 1. The summed E-state index contributed by atoms with van der Waals surface area (Å²) < 4.78 is 1.66. The van der Waals surface area contributed by atoms with Gasteiger partial charge in [-0.05, 0) is 57.7 Å². The van der Waals surface area contributed by atoms with E-state index in [-0.39, 0.29) is 11.5 Å². The predicted molar refractivity (Wildman–Crippen MR) is 121 cm³/mol. The fourth-order valence-electron chi connectivity index (χ4n) is 3.65. The molecule has 4 rings (SSSR count). The highest BCUT2D eigenvalue weighted by Gasteiger charge is 2.21. The molecule has 0 radical (unpaired) electrons. The van der Waals surface area contributed by atoms with Gasteiger partial charge in [-0.3, -0.25) is 14.2 Å². The zero-order chi connectivity index (χ0) is 20.5. The van der Waals surface area contributed by atoms with Crippen LogP contribution in [-0.4, -0.2) is 39.2 Å². The van der Waals surface area contributed by atoms with E-state index in [4.69, 9.17) is 4.98 Å². The van der Waals surface area contributed by atoms with Gasteiger partial charge in [-0.15, -0.1) is 11.3 Å². The van der Waals surface area contributed by atoms with E-state index in [1.54, 1.807) is 15.9 Å². The van der Waals surface area contributed by atoms with Crippen molar-refractivity contribution in [3.8, 4) is 5.69 Å². The Morgan fingerprint density at radius 2 is 1.79 bits per heavy atom. The molecule has 1 amide bonds. The minimum atomic E-state index is -0.0615. The molecule has 1 aromatic carbocycles. The Bertz CT molecular complexity index is 1110. The SMILES string of the molecule is Cc1ccc(-n2c(SCC(=O)N3CCCCC3)nc3sc(C)c(C)c3c2=O)cc1. The maximum absolute atomic E-state index is 13.4. The second-order valence-corrected chi connectivity index (χ2v) is 9.71.